The van der Waals surface area contributed by atoms with Gasteiger partial charge in [-0.25, -0.2) is 9.78 Å². The molecule has 25 heavy (non-hydrogen) atoms. The van der Waals surface area contributed by atoms with Crippen molar-refractivity contribution >= 4 is 16.9 Å². The molecule has 1 atom stereocenters. The summed E-state index contributed by atoms with van der Waals surface area (Å²) in [5.41, 5.74) is 1.85. The van der Waals surface area contributed by atoms with Crippen molar-refractivity contribution in [2.75, 3.05) is 13.2 Å². The number of esters is 1. The van der Waals surface area contributed by atoms with Crippen LogP contribution in [0, 0.1) is 6.92 Å². The van der Waals surface area contributed by atoms with E-state index in [0.717, 1.165) is 36.1 Å². The number of rotatable bonds is 4. The van der Waals surface area contributed by atoms with Crippen molar-refractivity contribution in [3.05, 3.63) is 53.8 Å². The minimum atomic E-state index is -0.362. The molecule has 128 valence electrons. The summed E-state index contributed by atoms with van der Waals surface area (Å²) in [5.74, 6) is 1.07. The fourth-order valence-electron chi connectivity index (χ4n) is 3.06. The van der Waals surface area contributed by atoms with Crippen molar-refractivity contribution in [3.63, 3.8) is 0 Å². The van der Waals surface area contributed by atoms with Crippen LogP contribution in [0.25, 0.3) is 22.4 Å². The van der Waals surface area contributed by atoms with Crippen molar-refractivity contribution in [1.82, 2.24) is 4.98 Å². The lowest BCUT2D eigenvalue weighted by molar-refractivity contribution is 0.0163. The topological polar surface area (TPSA) is 61.6 Å². The van der Waals surface area contributed by atoms with E-state index in [1.54, 1.807) is 6.07 Å². The third kappa shape index (κ3) is 3.28. The van der Waals surface area contributed by atoms with Gasteiger partial charge in [-0.15, -0.1) is 0 Å². The number of carbonyl (C=O) groups is 1. The molecule has 1 unspecified atom stereocenters. The first kappa shape index (κ1) is 15.8. The number of furan rings is 1. The minimum absolute atomic E-state index is 0.00393. The van der Waals surface area contributed by atoms with Crippen LogP contribution in [0.3, 0.4) is 0 Å². The van der Waals surface area contributed by atoms with E-state index >= 15 is 0 Å². The first-order valence-electron chi connectivity index (χ1n) is 8.46. The second-order valence-electron chi connectivity index (χ2n) is 6.22. The molecule has 0 aliphatic carbocycles. The van der Waals surface area contributed by atoms with Gasteiger partial charge in [0.05, 0.1) is 17.2 Å². The van der Waals surface area contributed by atoms with Crippen LogP contribution >= 0.6 is 0 Å². The van der Waals surface area contributed by atoms with Crippen molar-refractivity contribution in [1.29, 1.82) is 0 Å². The van der Waals surface area contributed by atoms with Crippen molar-refractivity contribution < 1.29 is 18.7 Å². The van der Waals surface area contributed by atoms with Gasteiger partial charge in [0, 0.05) is 12.0 Å². The maximum atomic E-state index is 12.7. The number of nitrogens with zero attached hydrogens (tertiary/aromatic N) is 1. The summed E-state index contributed by atoms with van der Waals surface area (Å²) in [6.07, 6.45) is 1.95. The molecular weight excluding hydrogens is 318 g/mol. The number of ether oxygens (including phenoxy) is 2. The molecule has 0 bridgehead atoms. The van der Waals surface area contributed by atoms with Crippen LogP contribution < -0.4 is 0 Å². The van der Waals surface area contributed by atoms with E-state index in [0.29, 0.717) is 17.0 Å². The minimum Gasteiger partial charge on any atom is -0.460 e. The van der Waals surface area contributed by atoms with Crippen molar-refractivity contribution in [2.24, 2.45) is 0 Å². The molecule has 1 aliphatic rings. The lowest BCUT2D eigenvalue weighted by Crippen LogP contribution is -2.18. The molecule has 5 heteroatoms. The number of hydrogen-bond acceptors (Lipinski definition) is 5. The molecule has 0 radical (unpaired) electrons. The van der Waals surface area contributed by atoms with Crippen LogP contribution in [-0.2, 0) is 9.47 Å². The van der Waals surface area contributed by atoms with Crippen LogP contribution in [0.4, 0.5) is 0 Å². The predicted octanol–water partition coefficient (Wildman–Crippen LogP) is 4.14. The molecular formula is C20H19NO4. The van der Waals surface area contributed by atoms with E-state index < -0.39 is 0 Å². The molecule has 3 aromatic rings. The molecule has 0 amide bonds. The Kier molecular flexibility index (Phi) is 4.24. The molecule has 1 aliphatic heterocycles. The van der Waals surface area contributed by atoms with Crippen LogP contribution in [0.2, 0.25) is 0 Å². The average Bonchev–Trinajstić information content (AvgIpc) is 3.30. The average molecular weight is 337 g/mol. The zero-order valence-corrected chi connectivity index (χ0v) is 14.0. The highest BCUT2D eigenvalue weighted by Crippen LogP contribution is 2.27. The number of aryl methyl sites for hydroxylation is 1. The van der Waals surface area contributed by atoms with Gasteiger partial charge in [0.2, 0.25) is 0 Å². The van der Waals surface area contributed by atoms with Gasteiger partial charge in [-0.1, -0.05) is 18.2 Å². The van der Waals surface area contributed by atoms with E-state index in [9.17, 15) is 4.79 Å². The molecule has 2 aromatic heterocycles. The molecule has 0 spiro atoms. The highest BCUT2D eigenvalue weighted by molar-refractivity contribution is 6.04. The molecule has 5 nitrogen and oxygen atoms in total. The Morgan fingerprint density at radius 2 is 2.16 bits per heavy atom. The number of benzene rings is 1. The van der Waals surface area contributed by atoms with E-state index in [2.05, 4.69) is 4.98 Å². The van der Waals surface area contributed by atoms with Crippen LogP contribution in [0.1, 0.15) is 29.0 Å². The van der Waals surface area contributed by atoms with Gasteiger partial charge in [0.15, 0.2) is 5.76 Å². The largest absolute Gasteiger partial charge is 0.460 e. The number of fused-ring (bicyclic) bond motifs is 1. The van der Waals surface area contributed by atoms with Crippen molar-refractivity contribution in [3.8, 4) is 11.5 Å². The quantitative estimate of drug-likeness (QED) is 0.670. The van der Waals surface area contributed by atoms with Crippen LogP contribution in [-0.4, -0.2) is 30.3 Å². The normalized spacial score (nSPS) is 17.1. The van der Waals surface area contributed by atoms with E-state index in [1.807, 2.05) is 43.3 Å². The van der Waals surface area contributed by atoms with Crippen molar-refractivity contribution in [2.45, 2.75) is 25.9 Å². The summed E-state index contributed by atoms with van der Waals surface area (Å²) >= 11 is 0. The Labute approximate surface area is 145 Å². The number of carbonyl (C=O) groups excluding carboxylic acids is 1. The molecule has 0 saturated carbocycles. The van der Waals surface area contributed by atoms with Crippen LogP contribution in [0.5, 0.6) is 0 Å². The highest BCUT2D eigenvalue weighted by Gasteiger charge is 2.20. The second kappa shape index (κ2) is 6.69. The summed E-state index contributed by atoms with van der Waals surface area (Å²) in [5, 5.41) is 0.770. The summed E-state index contributed by atoms with van der Waals surface area (Å²) < 4.78 is 16.7. The van der Waals surface area contributed by atoms with E-state index in [4.69, 9.17) is 13.9 Å². The number of pyridine rings is 1. The monoisotopic (exact) mass is 337 g/mol. The first-order chi connectivity index (χ1) is 12.2. The SMILES string of the molecule is Cc1ccc(-c2cc(C(=O)OCC3CCCO3)c3ccccc3n2)o1. The number of para-hydroxylation sites is 1. The van der Waals surface area contributed by atoms with E-state index in [1.165, 1.54) is 0 Å². The summed E-state index contributed by atoms with van der Waals surface area (Å²) in [4.78, 5) is 17.3. The molecule has 1 fully saturated rings. The fraction of sp³-hybridized carbons (Fsp3) is 0.300. The third-order valence-corrected chi connectivity index (χ3v) is 4.35. The van der Waals surface area contributed by atoms with Gasteiger partial charge in [0.25, 0.3) is 0 Å². The van der Waals surface area contributed by atoms with Gasteiger partial charge in [-0.05, 0) is 44.0 Å². The standard InChI is InChI=1S/C20H19NO4/c1-13-8-9-19(25-13)18-11-16(15-6-2-3-7-17(15)21-18)20(22)24-12-14-5-4-10-23-14/h2-3,6-9,11,14H,4-5,10,12H2,1H3. The Hall–Kier alpha value is -2.66. The Morgan fingerprint density at radius 1 is 1.28 bits per heavy atom. The molecule has 1 saturated heterocycles. The third-order valence-electron chi connectivity index (χ3n) is 4.35. The smallest absolute Gasteiger partial charge is 0.338 e. The fourth-order valence-corrected chi connectivity index (χ4v) is 3.06. The van der Waals surface area contributed by atoms with Gasteiger partial charge in [-0.2, -0.15) is 0 Å². The zero-order chi connectivity index (χ0) is 17.2. The van der Waals surface area contributed by atoms with Gasteiger partial charge < -0.3 is 13.9 Å². The molecule has 4 rings (SSSR count). The Balaban J connectivity index is 1.69. The molecule has 3 heterocycles. The lowest BCUT2D eigenvalue weighted by Gasteiger charge is -2.12. The van der Waals surface area contributed by atoms with Gasteiger partial charge >= 0.3 is 5.97 Å². The lowest BCUT2D eigenvalue weighted by atomic mass is 10.1. The number of aromatic nitrogens is 1. The zero-order valence-electron chi connectivity index (χ0n) is 14.0. The summed E-state index contributed by atoms with van der Waals surface area (Å²) in [6.45, 7) is 2.90. The summed E-state index contributed by atoms with van der Waals surface area (Å²) in [7, 11) is 0. The second-order valence-corrected chi connectivity index (χ2v) is 6.22. The first-order valence-corrected chi connectivity index (χ1v) is 8.46. The summed E-state index contributed by atoms with van der Waals surface area (Å²) in [6, 6.07) is 13.0. The molecule has 1 aromatic carbocycles. The highest BCUT2D eigenvalue weighted by atomic mass is 16.6. The van der Waals surface area contributed by atoms with Gasteiger partial charge in [0.1, 0.15) is 18.1 Å². The van der Waals surface area contributed by atoms with Crippen LogP contribution in [0.15, 0.2) is 46.9 Å². The maximum absolute atomic E-state index is 12.7. The Bertz CT molecular complexity index is 909. The maximum Gasteiger partial charge on any atom is 0.338 e. The van der Waals surface area contributed by atoms with Gasteiger partial charge in [-0.3, -0.25) is 0 Å². The number of hydrogen-bond donors (Lipinski definition) is 0. The molecule has 0 N–H and O–H groups in total. The van der Waals surface area contributed by atoms with E-state index in [-0.39, 0.29) is 18.7 Å². The predicted molar refractivity (Wildman–Crippen MR) is 93.4 cm³/mol. The Morgan fingerprint density at radius 3 is 2.92 bits per heavy atom.